The lowest BCUT2D eigenvalue weighted by molar-refractivity contribution is -0.121. The van der Waals surface area contributed by atoms with Gasteiger partial charge >= 0.3 is 0 Å². The number of phenolic OH excluding ortho intramolecular Hbond substituents is 1. The van der Waals surface area contributed by atoms with Crippen LogP contribution in [0.15, 0.2) is 71.3 Å². The number of carbonyl (C=O) groups is 3. The largest absolute Gasteiger partial charge is 0.507 e. The molecule has 9 nitrogen and oxygen atoms in total. The Morgan fingerprint density at radius 1 is 0.929 bits per heavy atom. The molecule has 3 aromatic carbocycles. The number of hydrogen-bond donors (Lipinski definition) is 3. The summed E-state index contributed by atoms with van der Waals surface area (Å²) < 4.78 is 20.2. The molecule has 0 saturated heterocycles. The summed E-state index contributed by atoms with van der Waals surface area (Å²) in [5.74, 6) is -1.29. The number of aromatic nitrogens is 1. The average molecular weight is 571 g/mol. The lowest BCUT2D eigenvalue weighted by Gasteiger charge is -2.23. The molecule has 0 saturated carbocycles. The summed E-state index contributed by atoms with van der Waals surface area (Å²) in [5, 5.41) is 20.3. The molecule has 1 aromatic heterocycles. The maximum absolute atomic E-state index is 14.9. The molecule has 1 aliphatic heterocycles. The number of hydrogen-bond acceptors (Lipinski definition) is 6. The van der Waals surface area contributed by atoms with E-state index in [0.29, 0.717) is 36.4 Å². The van der Waals surface area contributed by atoms with Gasteiger partial charge in [0.25, 0.3) is 11.8 Å². The Kier molecular flexibility index (Phi) is 8.61. The van der Waals surface area contributed by atoms with Crippen LogP contribution in [-0.2, 0) is 11.2 Å². The van der Waals surface area contributed by atoms with Crippen molar-refractivity contribution in [3.8, 4) is 28.1 Å². The Labute approximate surface area is 242 Å². The Morgan fingerprint density at radius 3 is 2.55 bits per heavy atom. The average Bonchev–Trinajstić information content (AvgIpc) is 3.38. The van der Waals surface area contributed by atoms with Gasteiger partial charge in [0.05, 0.1) is 0 Å². The van der Waals surface area contributed by atoms with Crippen LogP contribution in [0.2, 0.25) is 0 Å². The first-order chi connectivity index (χ1) is 20.3. The summed E-state index contributed by atoms with van der Waals surface area (Å²) in [6, 6.07) is 18.0. The standard InChI is InChI=1S/C32H31FN4O5/c1-20-29(30(36-42-20)22-6-3-2-4-7-22)32(41)37-16-5-8-28(39)34-14-13-21-9-12-27(38)25(18-21)24-19-23(10-11-26(24)33)31(40)35-15-17-37/h2-4,6-7,9-12,18-19,38H,5,8,13-17H2,1H3,(H,34,39)(H,35,40). The van der Waals surface area contributed by atoms with Crippen LogP contribution in [0.4, 0.5) is 4.39 Å². The van der Waals surface area contributed by atoms with Crippen molar-refractivity contribution in [2.75, 3.05) is 26.2 Å². The van der Waals surface area contributed by atoms with Gasteiger partial charge in [0.1, 0.15) is 28.6 Å². The van der Waals surface area contributed by atoms with Gasteiger partial charge in [0.2, 0.25) is 5.91 Å². The van der Waals surface area contributed by atoms with Crippen LogP contribution >= 0.6 is 0 Å². The van der Waals surface area contributed by atoms with E-state index >= 15 is 0 Å². The molecule has 3 N–H and O–H groups in total. The van der Waals surface area contributed by atoms with Gasteiger partial charge in [0, 0.05) is 54.9 Å². The second kappa shape index (κ2) is 12.7. The predicted molar refractivity (Wildman–Crippen MR) is 154 cm³/mol. The lowest BCUT2D eigenvalue weighted by atomic mass is 9.98. The fraction of sp³-hybridized carbons (Fsp3) is 0.250. The molecule has 4 aromatic rings. The molecule has 0 fully saturated rings. The molecule has 0 unspecified atom stereocenters. The van der Waals surface area contributed by atoms with Crippen LogP contribution in [0, 0.1) is 12.7 Å². The van der Waals surface area contributed by atoms with Gasteiger partial charge in [-0.25, -0.2) is 4.39 Å². The molecule has 1 aliphatic rings. The normalized spacial score (nSPS) is 14.9. The van der Waals surface area contributed by atoms with Crippen LogP contribution < -0.4 is 10.6 Å². The minimum absolute atomic E-state index is 0.0836. The zero-order chi connectivity index (χ0) is 29.6. The Morgan fingerprint density at radius 2 is 1.74 bits per heavy atom. The molecule has 216 valence electrons. The van der Waals surface area contributed by atoms with E-state index in [4.69, 9.17) is 4.52 Å². The van der Waals surface area contributed by atoms with Crippen LogP contribution in [0.25, 0.3) is 22.4 Å². The third-order valence-electron chi connectivity index (χ3n) is 7.23. The number of aromatic hydroxyl groups is 1. The fourth-order valence-electron chi connectivity index (χ4n) is 4.99. The Hall–Kier alpha value is -4.99. The summed E-state index contributed by atoms with van der Waals surface area (Å²) in [6.07, 6.45) is 1.06. The molecule has 0 radical (unpaired) electrons. The number of phenols is 1. The molecule has 2 heterocycles. The van der Waals surface area contributed by atoms with Crippen molar-refractivity contribution >= 4 is 17.7 Å². The van der Waals surface area contributed by atoms with Crippen molar-refractivity contribution in [2.24, 2.45) is 0 Å². The van der Waals surface area contributed by atoms with E-state index < -0.39 is 11.7 Å². The Balaban J connectivity index is 1.42. The van der Waals surface area contributed by atoms with E-state index in [0.717, 1.165) is 11.1 Å². The van der Waals surface area contributed by atoms with Gasteiger partial charge in [-0.3, -0.25) is 14.4 Å². The quantitative estimate of drug-likeness (QED) is 0.326. The Bertz CT molecular complexity index is 1620. The second-order valence-electron chi connectivity index (χ2n) is 10.1. The molecular weight excluding hydrogens is 539 g/mol. The van der Waals surface area contributed by atoms with Crippen LogP contribution in [-0.4, -0.2) is 59.1 Å². The highest BCUT2D eigenvalue weighted by Gasteiger charge is 2.26. The number of halogens is 1. The first kappa shape index (κ1) is 28.5. The highest BCUT2D eigenvalue weighted by molar-refractivity contribution is 6.01. The highest BCUT2D eigenvalue weighted by Crippen LogP contribution is 2.33. The fourth-order valence-corrected chi connectivity index (χ4v) is 4.99. The number of amides is 3. The third kappa shape index (κ3) is 6.33. The van der Waals surface area contributed by atoms with E-state index in [1.54, 1.807) is 24.0 Å². The maximum atomic E-state index is 14.9. The molecule has 5 rings (SSSR count). The van der Waals surface area contributed by atoms with Gasteiger partial charge in [-0.1, -0.05) is 41.6 Å². The van der Waals surface area contributed by atoms with Gasteiger partial charge in [-0.15, -0.1) is 0 Å². The van der Waals surface area contributed by atoms with Crippen molar-refractivity contribution < 1.29 is 28.4 Å². The SMILES string of the molecule is Cc1onc(-c2ccccc2)c1C(=O)N1CCCC(=O)NCCc2ccc(O)c(c2)-c2cc(ccc2F)C(=O)NCC1. The number of nitrogens with zero attached hydrogens (tertiary/aromatic N) is 2. The van der Waals surface area contributed by atoms with E-state index in [-0.39, 0.29) is 60.3 Å². The first-order valence-corrected chi connectivity index (χ1v) is 13.8. The van der Waals surface area contributed by atoms with E-state index in [2.05, 4.69) is 15.8 Å². The van der Waals surface area contributed by atoms with Crippen molar-refractivity contribution in [1.82, 2.24) is 20.7 Å². The molecule has 0 atom stereocenters. The number of aryl methyl sites for hydroxylation is 1. The van der Waals surface area contributed by atoms with Crippen molar-refractivity contribution in [1.29, 1.82) is 0 Å². The summed E-state index contributed by atoms with van der Waals surface area (Å²) in [4.78, 5) is 41.0. The molecule has 0 spiro atoms. The van der Waals surface area contributed by atoms with Gasteiger partial charge in [-0.05, 0) is 55.7 Å². The smallest absolute Gasteiger partial charge is 0.259 e. The summed E-state index contributed by atoms with van der Waals surface area (Å²) in [6.45, 7) is 2.54. The third-order valence-corrected chi connectivity index (χ3v) is 7.23. The predicted octanol–water partition coefficient (Wildman–Crippen LogP) is 4.49. The lowest BCUT2D eigenvalue weighted by Crippen LogP contribution is -2.40. The van der Waals surface area contributed by atoms with Crippen molar-refractivity contribution in [2.45, 2.75) is 26.2 Å². The van der Waals surface area contributed by atoms with E-state index in [1.807, 2.05) is 30.3 Å². The molecule has 42 heavy (non-hydrogen) atoms. The molecule has 0 aliphatic carbocycles. The zero-order valence-electron chi connectivity index (χ0n) is 23.2. The van der Waals surface area contributed by atoms with E-state index in [1.165, 1.54) is 24.3 Å². The van der Waals surface area contributed by atoms with Crippen LogP contribution in [0.5, 0.6) is 5.75 Å². The van der Waals surface area contributed by atoms with Gasteiger partial charge < -0.3 is 25.2 Å². The van der Waals surface area contributed by atoms with Crippen LogP contribution in [0.3, 0.4) is 0 Å². The number of nitrogens with one attached hydrogen (secondary N) is 2. The number of carbonyl (C=O) groups excluding carboxylic acids is 3. The first-order valence-electron chi connectivity index (χ1n) is 13.8. The number of fused-ring (bicyclic) bond motifs is 5. The van der Waals surface area contributed by atoms with Crippen LogP contribution in [0.1, 0.15) is 44.9 Å². The highest BCUT2D eigenvalue weighted by atomic mass is 19.1. The summed E-state index contributed by atoms with van der Waals surface area (Å²) in [5.41, 5.74) is 2.81. The molecule has 3 amide bonds. The van der Waals surface area contributed by atoms with E-state index in [9.17, 15) is 23.9 Å². The van der Waals surface area contributed by atoms with Crippen molar-refractivity contribution in [3.63, 3.8) is 0 Å². The summed E-state index contributed by atoms with van der Waals surface area (Å²) >= 11 is 0. The summed E-state index contributed by atoms with van der Waals surface area (Å²) in [7, 11) is 0. The molecule has 10 heteroatoms. The topological polar surface area (TPSA) is 125 Å². The monoisotopic (exact) mass is 570 g/mol. The minimum atomic E-state index is -0.586. The zero-order valence-corrected chi connectivity index (χ0v) is 23.2. The van der Waals surface area contributed by atoms with Crippen molar-refractivity contribution in [3.05, 3.63) is 95.0 Å². The molecular formula is C32H31FN4O5. The number of rotatable bonds is 2. The van der Waals surface area contributed by atoms with Gasteiger partial charge in [0.15, 0.2) is 0 Å². The molecule has 4 bridgehead atoms. The minimum Gasteiger partial charge on any atom is -0.507 e. The van der Waals surface area contributed by atoms with Gasteiger partial charge in [-0.2, -0.15) is 0 Å². The maximum Gasteiger partial charge on any atom is 0.259 e. The number of benzene rings is 3. The second-order valence-corrected chi connectivity index (χ2v) is 10.1.